The Labute approximate surface area is 110 Å². The summed E-state index contributed by atoms with van der Waals surface area (Å²) < 4.78 is 0. The highest BCUT2D eigenvalue weighted by Gasteiger charge is 2.28. The van der Waals surface area contributed by atoms with Gasteiger partial charge in [-0.3, -0.25) is 0 Å². The fourth-order valence-corrected chi connectivity index (χ4v) is 3.32. The van der Waals surface area contributed by atoms with Crippen LogP contribution in [0.1, 0.15) is 25.7 Å². The second-order valence-electron chi connectivity index (χ2n) is 5.67. The van der Waals surface area contributed by atoms with E-state index in [1.54, 1.807) is 0 Å². The number of anilines is 2. The van der Waals surface area contributed by atoms with Crippen LogP contribution in [0.4, 0.5) is 11.4 Å². The Morgan fingerprint density at radius 3 is 2.39 bits per heavy atom. The van der Waals surface area contributed by atoms with Crippen LogP contribution < -0.4 is 15.5 Å². The molecule has 0 saturated heterocycles. The summed E-state index contributed by atoms with van der Waals surface area (Å²) in [6.45, 7) is 2.27. The lowest BCUT2D eigenvalue weighted by atomic mass is 9.90. The summed E-state index contributed by atoms with van der Waals surface area (Å²) in [5.74, 6) is 0. The highest BCUT2D eigenvalue weighted by molar-refractivity contribution is 5.73. The number of hydrogen-bond acceptors (Lipinski definition) is 3. The zero-order chi connectivity index (χ0) is 12.5. The van der Waals surface area contributed by atoms with Gasteiger partial charge in [-0.25, -0.2) is 0 Å². The van der Waals surface area contributed by atoms with Gasteiger partial charge in [-0.2, -0.15) is 0 Å². The summed E-state index contributed by atoms with van der Waals surface area (Å²) >= 11 is 0. The fraction of sp³-hybridized carbons (Fsp3) is 0.600. The topological polar surface area (TPSA) is 32.5 Å². The second kappa shape index (κ2) is 4.81. The van der Waals surface area contributed by atoms with Gasteiger partial charge in [-0.1, -0.05) is 12.1 Å². The van der Waals surface area contributed by atoms with Crippen LogP contribution in [0.2, 0.25) is 0 Å². The number of fused-ring (bicyclic) bond motifs is 1. The van der Waals surface area contributed by atoms with E-state index in [9.17, 15) is 0 Å². The van der Waals surface area contributed by atoms with Crippen LogP contribution in [-0.4, -0.2) is 32.2 Å². The summed E-state index contributed by atoms with van der Waals surface area (Å²) in [7, 11) is 2.19. The van der Waals surface area contributed by atoms with E-state index in [0.717, 1.165) is 13.1 Å². The molecule has 0 bridgehead atoms. The summed E-state index contributed by atoms with van der Waals surface area (Å²) in [6, 6.07) is 9.91. The van der Waals surface area contributed by atoms with Crippen LogP contribution in [-0.2, 0) is 0 Å². The van der Waals surface area contributed by atoms with Gasteiger partial charge in [0.15, 0.2) is 0 Å². The van der Waals surface area contributed by atoms with Crippen molar-refractivity contribution in [3.63, 3.8) is 0 Å². The SMILES string of the molecule is CN1CCN(C2CCC(N)CC2)c2ccccc21. The van der Waals surface area contributed by atoms with Crippen molar-refractivity contribution in [3.8, 4) is 0 Å². The number of benzene rings is 1. The molecule has 0 amide bonds. The van der Waals surface area contributed by atoms with Crippen LogP contribution in [0.5, 0.6) is 0 Å². The molecule has 0 atom stereocenters. The summed E-state index contributed by atoms with van der Waals surface area (Å²) in [5, 5.41) is 0. The molecule has 2 N–H and O–H groups in total. The molecule has 0 radical (unpaired) electrons. The van der Waals surface area contributed by atoms with Crippen molar-refractivity contribution >= 4 is 11.4 Å². The van der Waals surface area contributed by atoms with Crippen LogP contribution >= 0.6 is 0 Å². The first-order valence-corrected chi connectivity index (χ1v) is 7.08. The van der Waals surface area contributed by atoms with Crippen molar-refractivity contribution in [1.29, 1.82) is 0 Å². The van der Waals surface area contributed by atoms with E-state index in [2.05, 4.69) is 41.1 Å². The Morgan fingerprint density at radius 2 is 1.67 bits per heavy atom. The van der Waals surface area contributed by atoms with E-state index in [1.807, 2.05) is 0 Å². The van der Waals surface area contributed by atoms with Crippen LogP contribution in [0.25, 0.3) is 0 Å². The standard InChI is InChI=1S/C15H23N3/c1-17-10-11-18(13-8-6-12(16)7-9-13)15-5-3-2-4-14(15)17/h2-5,12-13H,6-11,16H2,1H3. The van der Waals surface area contributed by atoms with Gasteiger partial charge in [0.25, 0.3) is 0 Å². The van der Waals surface area contributed by atoms with E-state index >= 15 is 0 Å². The quantitative estimate of drug-likeness (QED) is 0.823. The second-order valence-corrected chi connectivity index (χ2v) is 5.67. The molecule has 1 aromatic carbocycles. The molecule has 0 aromatic heterocycles. The highest BCUT2D eigenvalue weighted by Crippen LogP contribution is 2.36. The lowest BCUT2D eigenvalue weighted by Gasteiger charge is -2.43. The van der Waals surface area contributed by atoms with Gasteiger partial charge < -0.3 is 15.5 Å². The highest BCUT2D eigenvalue weighted by atomic mass is 15.3. The van der Waals surface area contributed by atoms with Gasteiger partial charge in [0.2, 0.25) is 0 Å². The van der Waals surface area contributed by atoms with Gasteiger partial charge >= 0.3 is 0 Å². The molecular formula is C15H23N3. The summed E-state index contributed by atoms with van der Waals surface area (Å²) in [6.07, 6.45) is 4.86. The van der Waals surface area contributed by atoms with E-state index < -0.39 is 0 Å². The average Bonchev–Trinajstić information content (AvgIpc) is 2.41. The molecule has 1 fully saturated rings. The number of hydrogen-bond donors (Lipinski definition) is 1. The van der Waals surface area contributed by atoms with Crippen molar-refractivity contribution < 1.29 is 0 Å². The first-order chi connectivity index (χ1) is 8.75. The van der Waals surface area contributed by atoms with Crippen molar-refractivity contribution in [1.82, 2.24) is 0 Å². The maximum Gasteiger partial charge on any atom is 0.0607 e. The van der Waals surface area contributed by atoms with Gasteiger partial charge in [0, 0.05) is 32.2 Å². The van der Waals surface area contributed by atoms with E-state index in [1.165, 1.54) is 37.1 Å². The summed E-state index contributed by atoms with van der Waals surface area (Å²) in [4.78, 5) is 4.97. The zero-order valence-corrected chi connectivity index (χ0v) is 11.2. The lowest BCUT2D eigenvalue weighted by molar-refractivity contribution is 0.374. The minimum absolute atomic E-state index is 0.434. The molecule has 1 saturated carbocycles. The maximum atomic E-state index is 6.02. The van der Waals surface area contributed by atoms with Crippen molar-refractivity contribution in [2.24, 2.45) is 5.73 Å². The minimum Gasteiger partial charge on any atom is -0.371 e. The Hall–Kier alpha value is -1.22. The number of rotatable bonds is 1. The van der Waals surface area contributed by atoms with E-state index in [4.69, 9.17) is 5.73 Å². The monoisotopic (exact) mass is 245 g/mol. The molecule has 1 aliphatic carbocycles. The predicted molar refractivity (Wildman–Crippen MR) is 77.3 cm³/mol. The smallest absolute Gasteiger partial charge is 0.0607 e. The molecule has 1 aromatic rings. The van der Waals surface area contributed by atoms with Gasteiger partial charge in [-0.15, -0.1) is 0 Å². The Kier molecular flexibility index (Phi) is 3.16. The average molecular weight is 245 g/mol. The van der Waals surface area contributed by atoms with E-state index in [0.29, 0.717) is 12.1 Å². The van der Waals surface area contributed by atoms with Crippen molar-refractivity contribution in [2.45, 2.75) is 37.8 Å². The largest absolute Gasteiger partial charge is 0.371 e. The van der Waals surface area contributed by atoms with Gasteiger partial charge in [0.05, 0.1) is 11.4 Å². The Balaban J connectivity index is 1.84. The maximum absolute atomic E-state index is 6.02. The normalized spacial score (nSPS) is 28.1. The molecule has 0 unspecified atom stereocenters. The van der Waals surface area contributed by atoms with Crippen LogP contribution in [0, 0.1) is 0 Å². The Bertz CT molecular complexity index is 410. The van der Waals surface area contributed by atoms with Crippen LogP contribution in [0.15, 0.2) is 24.3 Å². The molecule has 0 spiro atoms. The molecule has 18 heavy (non-hydrogen) atoms. The van der Waals surface area contributed by atoms with Gasteiger partial charge in [-0.05, 0) is 37.8 Å². The molecule has 98 valence electrons. The molecule has 1 heterocycles. The molecule has 1 aliphatic heterocycles. The molecule has 3 rings (SSSR count). The fourth-order valence-electron chi connectivity index (χ4n) is 3.32. The van der Waals surface area contributed by atoms with Gasteiger partial charge in [0.1, 0.15) is 0 Å². The third-order valence-electron chi connectivity index (χ3n) is 4.46. The Morgan fingerprint density at radius 1 is 1.00 bits per heavy atom. The molecule has 2 aliphatic rings. The minimum atomic E-state index is 0.434. The number of para-hydroxylation sites is 2. The first kappa shape index (κ1) is 11.8. The predicted octanol–water partition coefficient (Wildman–Crippen LogP) is 2.21. The summed E-state index contributed by atoms with van der Waals surface area (Å²) in [5.41, 5.74) is 8.80. The number of nitrogens with zero attached hydrogens (tertiary/aromatic N) is 2. The lowest BCUT2D eigenvalue weighted by Crippen LogP contribution is -2.47. The zero-order valence-electron chi connectivity index (χ0n) is 11.2. The first-order valence-electron chi connectivity index (χ1n) is 7.08. The van der Waals surface area contributed by atoms with Crippen molar-refractivity contribution in [2.75, 3.05) is 29.9 Å². The molecule has 3 heteroatoms. The number of likely N-dealkylation sites (N-methyl/N-ethyl adjacent to an activating group) is 1. The van der Waals surface area contributed by atoms with E-state index in [-0.39, 0.29) is 0 Å². The van der Waals surface area contributed by atoms with Crippen molar-refractivity contribution in [3.05, 3.63) is 24.3 Å². The third kappa shape index (κ3) is 2.07. The molecular weight excluding hydrogens is 222 g/mol. The number of nitrogens with two attached hydrogens (primary N) is 1. The third-order valence-corrected chi connectivity index (χ3v) is 4.46. The molecule has 3 nitrogen and oxygen atoms in total. The van der Waals surface area contributed by atoms with Crippen LogP contribution in [0.3, 0.4) is 0 Å².